The number of nitrogens with zero attached hydrogens (tertiary/aromatic N) is 2. The predicted octanol–water partition coefficient (Wildman–Crippen LogP) is 3.15. The van der Waals surface area contributed by atoms with E-state index in [4.69, 9.17) is 17.3 Å². The van der Waals surface area contributed by atoms with E-state index in [1.165, 1.54) is 24.1 Å². The second-order valence-corrected chi connectivity index (χ2v) is 6.73. The minimum atomic E-state index is 0.205. The van der Waals surface area contributed by atoms with Gasteiger partial charge in [0.1, 0.15) is 0 Å². The molecule has 1 aromatic rings. The SMILES string of the molecule is CCC(N)Cc1cccc(Cl)c1N1CCCC(N(C)C)C1. The Morgan fingerprint density at radius 1 is 1.43 bits per heavy atom. The summed E-state index contributed by atoms with van der Waals surface area (Å²) in [4.78, 5) is 4.77. The van der Waals surface area contributed by atoms with E-state index in [1.54, 1.807) is 0 Å². The van der Waals surface area contributed by atoms with Crippen molar-refractivity contribution in [1.82, 2.24) is 4.90 Å². The monoisotopic (exact) mass is 309 g/mol. The molecule has 0 saturated carbocycles. The molecular formula is C17H28ClN3. The Morgan fingerprint density at radius 2 is 2.19 bits per heavy atom. The topological polar surface area (TPSA) is 32.5 Å². The Labute approximate surface area is 134 Å². The summed E-state index contributed by atoms with van der Waals surface area (Å²) in [7, 11) is 4.32. The zero-order valence-electron chi connectivity index (χ0n) is 13.5. The van der Waals surface area contributed by atoms with Gasteiger partial charge in [-0.2, -0.15) is 0 Å². The molecule has 1 fully saturated rings. The molecule has 0 bridgehead atoms. The van der Waals surface area contributed by atoms with Gasteiger partial charge in [0.15, 0.2) is 0 Å². The molecule has 21 heavy (non-hydrogen) atoms. The molecular weight excluding hydrogens is 282 g/mol. The number of hydrogen-bond acceptors (Lipinski definition) is 3. The quantitative estimate of drug-likeness (QED) is 0.907. The highest BCUT2D eigenvalue weighted by Gasteiger charge is 2.24. The van der Waals surface area contributed by atoms with Crippen molar-refractivity contribution in [2.24, 2.45) is 5.73 Å². The van der Waals surface area contributed by atoms with Crippen LogP contribution in [-0.4, -0.2) is 44.2 Å². The molecule has 2 N–H and O–H groups in total. The van der Waals surface area contributed by atoms with E-state index in [-0.39, 0.29) is 6.04 Å². The fourth-order valence-corrected chi connectivity index (χ4v) is 3.40. The van der Waals surface area contributed by atoms with Crippen LogP contribution in [-0.2, 0) is 6.42 Å². The highest BCUT2D eigenvalue weighted by Crippen LogP contribution is 2.33. The van der Waals surface area contributed by atoms with Crippen molar-refractivity contribution in [2.75, 3.05) is 32.1 Å². The van der Waals surface area contributed by atoms with Crippen molar-refractivity contribution >= 4 is 17.3 Å². The lowest BCUT2D eigenvalue weighted by molar-refractivity contribution is 0.258. The fourth-order valence-electron chi connectivity index (χ4n) is 3.08. The van der Waals surface area contributed by atoms with E-state index >= 15 is 0 Å². The number of benzene rings is 1. The molecule has 0 spiro atoms. The minimum Gasteiger partial charge on any atom is -0.369 e. The lowest BCUT2D eigenvalue weighted by atomic mass is 9.99. The number of halogens is 1. The summed E-state index contributed by atoms with van der Waals surface area (Å²) < 4.78 is 0. The molecule has 1 aliphatic heterocycles. The van der Waals surface area contributed by atoms with Gasteiger partial charge in [0.25, 0.3) is 0 Å². The zero-order chi connectivity index (χ0) is 15.4. The van der Waals surface area contributed by atoms with Crippen LogP contribution in [0, 0.1) is 0 Å². The number of rotatable bonds is 5. The Bertz CT molecular complexity index is 461. The van der Waals surface area contributed by atoms with E-state index < -0.39 is 0 Å². The molecule has 3 nitrogen and oxygen atoms in total. The van der Waals surface area contributed by atoms with Crippen molar-refractivity contribution in [1.29, 1.82) is 0 Å². The molecule has 1 aliphatic rings. The number of para-hydroxylation sites is 1. The summed E-state index contributed by atoms with van der Waals surface area (Å²) in [6.07, 6.45) is 4.37. The molecule has 1 aromatic carbocycles. The van der Waals surface area contributed by atoms with Crippen LogP contribution in [0.5, 0.6) is 0 Å². The molecule has 2 rings (SSSR count). The van der Waals surface area contributed by atoms with Crippen LogP contribution < -0.4 is 10.6 Å². The maximum atomic E-state index is 6.52. The first-order valence-electron chi connectivity index (χ1n) is 7.97. The Kier molecular flexibility index (Phi) is 5.91. The average Bonchev–Trinajstić information content (AvgIpc) is 2.47. The van der Waals surface area contributed by atoms with Gasteiger partial charge in [0, 0.05) is 25.2 Å². The molecule has 0 radical (unpaired) electrons. The maximum absolute atomic E-state index is 6.52. The third kappa shape index (κ3) is 4.12. The van der Waals surface area contributed by atoms with E-state index in [2.05, 4.69) is 36.9 Å². The molecule has 0 aromatic heterocycles. The summed E-state index contributed by atoms with van der Waals surface area (Å²) in [6, 6.07) is 7.02. The summed E-state index contributed by atoms with van der Waals surface area (Å²) in [5.41, 5.74) is 8.65. The van der Waals surface area contributed by atoms with Gasteiger partial charge >= 0.3 is 0 Å². The van der Waals surface area contributed by atoms with E-state index in [0.717, 1.165) is 31.0 Å². The molecule has 4 heteroatoms. The number of hydrogen-bond donors (Lipinski definition) is 1. The van der Waals surface area contributed by atoms with Crippen molar-refractivity contribution in [3.63, 3.8) is 0 Å². The van der Waals surface area contributed by atoms with Gasteiger partial charge in [-0.3, -0.25) is 0 Å². The Balaban J connectivity index is 2.25. The first kappa shape index (κ1) is 16.6. The summed E-state index contributed by atoms with van der Waals surface area (Å²) in [5, 5.41) is 0.857. The maximum Gasteiger partial charge on any atom is 0.0642 e. The van der Waals surface area contributed by atoms with Crippen molar-refractivity contribution in [3.05, 3.63) is 28.8 Å². The highest BCUT2D eigenvalue weighted by molar-refractivity contribution is 6.33. The van der Waals surface area contributed by atoms with Crippen LogP contribution in [0.15, 0.2) is 18.2 Å². The minimum absolute atomic E-state index is 0.205. The summed E-state index contributed by atoms with van der Waals surface area (Å²) in [6.45, 7) is 4.27. The Hall–Kier alpha value is -0.770. The highest BCUT2D eigenvalue weighted by atomic mass is 35.5. The number of piperidine rings is 1. The number of anilines is 1. The molecule has 0 aliphatic carbocycles. The zero-order valence-corrected chi connectivity index (χ0v) is 14.2. The van der Waals surface area contributed by atoms with Crippen molar-refractivity contribution in [3.8, 4) is 0 Å². The second-order valence-electron chi connectivity index (χ2n) is 6.33. The average molecular weight is 310 g/mol. The molecule has 2 unspecified atom stereocenters. The van der Waals surface area contributed by atoms with Gasteiger partial charge in [-0.15, -0.1) is 0 Å². The third-order valence-electron chi connectivity index (χ3n) is 4.52. The normalized spacial score (nSPS) is 20.9. The third-order valence-corrected chi connectivity index (χ3v) is 4.82. The molecule has 2 atom stereocenters. The predicted molar refractivity (Wildman–Crippen MR) is 92.3 cm³/mol. The first-order valence-corrected chi connectivity index (χ1v) is 8.35. The molecule has 118 valence electrons. The van der Waals surface area contributed by atoms with E-state index in [0.29, 0.717) is 6.04 Å². The van der Waals surface area contributed by atoms with Crippen LogP contribution in [0.1, 0.15) is 31.7 Å². The summed E-state index contributed by atoms with van der Waals surface area (Å²) >= 11 is 6.52. The molecule has 1 heterocycles. The van der Waals surface area contributed by atoms with E-state index in [1.807, 2.05) is 12.1 Å². The van der Waals surface area contributed by atoms with Crippen LogP contribution in [0.25, 0.3) is 0 Å². The largest absolute Gasteiger partial charge is 0.369 e. The van der Waals surface area contributed by atoms with Gasteiger partial charge in [0.05, 0.1) is 10.7 Å². The van der Waals surface area contributed by atoms with Crippen molar-refractivity contribution < 1.29 is 0 Å². The smallest absolute Gasteiger partial charge is 0.0642 e. The van der Waals surface area contributed by atoms with Gasteiger partial charge in [-0.05, 0) is 51.4 Å². The van der Waals surface area contributed by atoms with Crippen LogP contribution in [0.4, 0.5) is 5.69 Å². The lowest BCUT2D eigenvalue weighted by Gasteiger charge is -2.39. The lowest BCUT2D eigenvalue weighted by Crippen LogP contribution is -2.45. The Morgan fingerprint density at radius 3 is 2.86 bits per heavy atom. The van der Waals surface area contributed by atoms with Gasteiger partial charge < -0.3 is 15.5 Å². The van der Waals surface area contributed by atoms with E-state index in [9.17, 15) is 0 Å². The van der Waals surface area contributed by atoms with Crippen LogP contribution in [0.3, 0.4) is 0 Å². The van der Waals surface area contributed by atoms with Gasteiger partial charge in [-0.1, -0.05) is 30.7 Å². The second kappa shape index (κ2) is 7.48. The van der Waals surface area contributed by atoms with Gasteiger partial charge in [-0.25, -0.2) is 0 Å². The number of likely N-dealkylation sites (N-methyl/N-ethyl adjacent to an activating group) is 1. The fraction of sp³-hybridized carbons (Fsp3) is 0.647. The van der Waals surface area contributed by atoms with Gasteiger partial charge in [0.2, 0.25) is 0 Å². The molecule has 1 saturated heterocycles. The van der Waals surface area contributed by atoms with Crippen LogP contribution >= 0.6 is 11.6 Å². The molecule has 0 amide bonds. The van der Waals surface area contributed by atoms with Crippen molar-refractivity contribution in [2.45, 2.75) is 44.7 Å². The van der Waals surface area contributed by atoms with Crippen LogP contribution in [0.2, 0.25) is 5.02 Å². The first-order chi connectivity index (χ1) is 10.0. The standard InChI is InChI=1S/C17H28ClN3/c1-4-14(19)11-13-7-5-9-16(18)17(13)21-10-6-8-15(12-21)20(2)3/h5,7,9,14-15H,4,6,8,10-12,19H2,1-3H3. The number of nitrogens with two attached hydrogens (primary N) is 1. The summed E-state index contributed by atoms with van der Waals surface area (Å²) in [5.74, 6) is 0.